The zero-order valence-electron chi connectivity index (χ0n) is 12.5. The molecule has 3 rings (SSSR count). The topological polar surface area (TPSA) is 72.2 Å². The van der Waals surface area contributed by atoms with E-state index in [1.165, 1.54) is 11.3 Å². The highest BCUT2D eigenvalue weighted by molar-refractivity contribution is 7.84. The average molecular weight is 346 g/mol. The second-order valence-electron chi connectivity index (χ2n) is 4.81. The van der Waals surface area contributed by atoms with Crippen LogP contribution in [-0.2, 0) is 10.8 Å². The maximum atomic E-state index is 12.5. The van der Waals surface area contributed by atoms with Crippen LogP contribution in [-0.4, -0.2) is 21.4 Å². The molecule has 0 aliphatic carbocycles. The number of aryl methyl sites for hydroxylation is 1. The van der Waals surface area contributed by atoms with Gasteiger partial charge in [-0.1, -0.05) is 18.2 Å². The Balaban J connectivity index is 1.89. The van der Waals surface area contributed by atoms with Gasteiger partial charge in [0.1, 0.15) is 5.76 Å². The summed E-state index contributed by atoms with van der Waals surface area (Å²) in [5.41, 5.74) is 0.739. The number of anilines is 1. The Hall–Kier alpha value is -2.25. The first-order valence-electron chi connectivity index (χ1n) is 6.81. The van der Waals surface area contributed by atoms with Crippen LogP contribution in [0.25, 0.3) is 10.8 Å². The monoisotopic (exact) mass is 346 g/mol. The highest BCUT2D eigenvalue weighted by atomic mass is 32.2. The van der Waals surface area contributed by atoms with E-state index in [0.717, 1.165) is 4.88 Å². The third-order valence-corrected chi connectivity index (χ3v) is 5.02. The van der Waals surface area contributed by atoms with Crippen LogP contribution >= 0.6 is 11.3 Å². The Bertz CT molecular complexity index is 869. The van der Waals surface area contributed by atoms with Crippen molar-refractivity contribution in [3.63, 3.8) is 0 Å². The van der Waals surface area contributed by atoms with Crippen LogP contribution in [0.4, 0.5) is 5.69 Å². The maximum absolute atomic E-state index is 12.5. The highest BCUT2D eigenvalue weighted by Crippen LogP contribution is 2.26. The molecule has 1 amide bonds. The van der Waals surface area contributed by atoms with Crippen molar-refractivity contribution in [1.29, 1.82) is 0 Å². The highest BCUT2D eigenvalue weighted by Gasteiger charge is 2.19. The fraction of sp³-hybridized carbons (Fsp3) is 0.125. The molecule has 23 heavy (non-hydrogen) atoms. The van der Waals surface area contributed by atoms with Crippen molar-refractivity contribution in [3.05, 3.63) is 53.2 Å². The molecular weight excluding hydrogens is 332 g/mol. The number of hydrogen-bond donors (Lipinski definition) is 1. The van der Waals surface area contributed by atoms with Crippen molar-refractivity contribution in [2.45, 2.75) is 11.8 Å². The second kappa shape index (κ2) is 6.47. The Morgan fingerprint density at radius 3 is 2.74 bits per heavy atom. The molecule has 5 nitrogen and oxygen atoms in total. The molecular formula is C16H14N2O3S2. The largest absolute Gasteiger partial charge is 0.440 e. The van der Waals surface area contributed by atoms with Crippen molar-refractivity contribution in [1.82, 2.24) is 4.98 Å². The molecule has 7 heteroatoms. The van der Waals surface area contributed by atoms with Gasteiger partial charge in [0, 0.05) is 6.26 Å². The normalized spacial score (nSPS) is 12.1. The summed E-state index contributed by atoms with van der Waals surface area (Å²) < 4.78 is 17.3. The number of carbonyl (C=O) groups excluding carboxylic acids is 1. The molecule has 1 atom stereocenters. The predicted molar refractivity (Wildman–Crippen MR) is 91.3 cm³/mol. The van der Waals surface area contributed by atoms with Gasteiger partial charge in [0.15, 0.2) is 5.69 Å². The fourth-order valence-corrected chi connectivity index (χ4v) is 3.46. The van der Waals surface area contributed by atoms with E-state index in [0.29, 0.717) is 22.2 Å². The number of thiophene rings is 1. The van der Waals surface area contributed by atoms with Crippen LogP contribution < -0.4 is 5.32 Å². The van der Waals surface area contributed by atoms with Gasteiger partial charge in [-0.3, -0.25) is 9.00 Å². The molecule has 0 aliphatic heterocycles. The molecule has 0 radical (unpaired) electrons. The van der Waals surface area contributed by atoms with Crippen LogP contribution in [0.3, 0.4) is 0 Å². The lowest BCUT2D eigenvalue weighted by atomic mass is 10.3. The molecule has 1 unspecified atom stereocenters. The molecule has 1 N–H and O–H groups in total. The molecule has 0 bridgehead atoms. The minimum atomic E-state index is -1.19. The summed E-state index contributed by atoms with van der Waals surface area (Å²) >= 11 is 1.49. The van der Waals surface area contributed by atoms with Gasteiger partial charge in [0.25, 0.3) is 5.91 Å². The molecule has 0 fully saturated rings. The maximum Gasteiger partial charge on any atom is 0.277 e. The van der Waals surface area contributed by atoms with E-state index < -0.39 is 10.8 Å². The predicted octanol–water partition coefficient (Wildman–Crippen LogP) is 3.70. The lowest BCUT2D eigenvalue weighted by molar-refractivity contribution is 0.102. The Morgan fingerprint density at radius 2 is 2.04 bits per heavy atom. The molecule has 0 aliphatic rings. The minimum absolute atomic E-state index is 0.227. The number of carbonyl (C=O) groups is 1. The summed E-state index contributed by atoms with van der Waals surface area (Å²) in [5.74, 6) is 0.489. The van der Waals surface area contributed by atoms with Crippen LogP contribution in [0.5, 0.6) is 0 Å². The number of aromatic nitrogens is 1. The Kier molecular flexibility index (Phi) is 4.40. The van der Waals surface area contributed by atoms with E-state index in [1.54, 1.807) is 37.4 Å². The molecule has 0 saturated heterocycles. The van der Waals surface area contributed by atoms with Crippen molar-refractivity contribution < 1.29 is 13.4 Å². The van der Waals surface area contributed by atoms with Gasteiger partial charge < -0.3 is 9.73 Å². The summed E-state index contributed by atoms with van der Waals surface area (Å²) in [7, 11) is -1.19. The average Bonchev–Trinajstić information content (AvgIpc) is 3.16. The lowest BCUT2D eigenvalue weighted by Gasteiger charge is -2.07. The van der Waals surface area contributed by atoms with E-state index in [2.05, 4.69) is 10.3 Å². The third kappa shape index (κ3) is 3.25. The van der Waals surface area contributed by atoms with Gasteiger partial charge in [-0.25, -0.2) is 4.98 Å². The molecule has 2 aromatic heterocycles. The smallest absolute Gasteiger partial charge is 0.277 e. The third-order valence-electron chi connectivity index (χ3n) is 3.19. The minimum Gasteiger partial charge on any atom is -0.440 e. The standard InChI is InChI=1S/C16H14N2O3S2/c1-10-14(18-16(21-10)12-7-5-9-22-12)15(19)17-11-6-3-4-8-13(11)23(2)20/h3-9H,1-2H3,(H,17,19). The van der Waals surface area contributed by atoms with Gasteiger partial charge >= 0.3 is 0 Å². The summed E-state index contributed by atoms with van der Waals surface area (Å²) in [4.78, 5) is 18.2. The summed E-state index contributed by atoms with van der Waals surface area (Å²) in [5, 5.41) is 4.67. The SMILES string of the molecule is Cc1oc(-c2cccs2)nc1C(=O)Nc1ccccc1S(C)=O. The Morgan fingerprint density at radius 1 is 1.26 bits per heavy atom. The number of nitrogens with zero attached hydrogens (tertiary/aromatic N) is 1. The van der Waals surface area contributed by atoms with Crippen LogP contribution in [0.2, 0.25) is 0 Å². The van der Waals surface area contributed by atoms with Crippen LogP contribution in [0, 0.1) is 6.92 Å². The lowest BCUT2D eigenvalue weighted by Crippen LogP contribution is -2.15. The zero-order valence-corrected chi connectivity index (χ0v) is 14.2. The molecule has 0 saturated carbocycles. The van der Waals surface area contributed by atoms with Gasteiger partial charge in [-0.05, 0) is 30.5 Å². The first-order chi connectivity index (χ1) is 11.1. The molecule has 118 valence electrons. The number of para-hydroxylation sites is 1. The number of hydrogen-bond acceptors (Lipinski definition) is 5. The first kappa shape index (κ1) is 15.6. The van der Waals surface area contributed by atoms with E-state index >= 15 is 0 Å². The van der Waals surface area contributed by atoms with Crippen LogP contribution in [0.1, 0.15) is 16.2 Å². The summed E-state index contributed by atoms with van der Waals surface area (Å²) in [6.45, 7) is 1.70. The summed E-state index contributed by atoms with van der Waals surface area (Å²) in [6, 6.07) is 10.8. The molecule has 0 spiro atoms. The van der Waals surface area contributed by atoms with Gasteiger partial charge in [0.2, 0.25) is 5.89 Å². The van der Waals surface area contributed by atoms with E-state index in [-0.39, 0.29) is 11.6 Å². The van der Waals surface area contributed by atoms with E-state index in [4.69, 9.17) is 4.42 Å². The van der Waals surface area contributed by atoms with E-state index in [1.807, 2.05) is 17.5 Å². The van der Waals surface area contributed by atoms with Crippen molar-refractivity contribution in [3.8, 4) is 10.8 Å². The first-order valence-corrected chi connectivity index (χ1v) is 9.25. The Labute approximate surface area is 139 Å². The number of nitrogens with one attached hydrogen (secondary N) is 1. The quantitative estimate of drug-likeness (QED) is 0.782. The van der Waals surface area contributed by atoms with Gasteiger partial charge in [0.05, 0.1) is 26.3 Å². The number of oxazole rings is 1. The van der Waals surface area contributed by atoms with Crippen LogP contribution in [0.15, 0.2) is 51.1 Å². The molecule has 3 aromatic rings. The fourth-order valence-electron chi connectivity index (χ4n) is 2.11. The molecule has 1 aromatic carbocycles. The molecule has 2 heterocycles. The van der Waals surface area contributed by atoms with Crippen molar-refractivity contribution in [2.75, 3.05) is 11.6 Å². The van der Waals surface area contributed by atoms with Crippen molar-refractivity contribution in [2.24, 2.45) is 0 Å². The van der Waals surface area contributed by atoms with Crippen molar-refractivity contribution >= 4 is 33.7 Å². The number of rotatable bonds is 4. The van der Waals surface area contributed by atoms with Gasteiger partial charge in [-0.15, -0.1) is 11.3 Å². The number of benzene rings is 1. The number of amides is 1. The zero-order chi connectivity index (χ0) is 16.4. The van der Waals surface area contributed by atoms with Gasteiger partial charge in [-0.2, -0.15) is 0 Å². The van der Waals surface area contributed by atoms with E-state index in [9.17, 15) is 9.00 Å². The summed E-state index contributed by atoms with van der Waals surface area (Å²) in [6.07, 6.45) is 1.57. The second-order valence-corrected chi connectivity index (χ2v) is 7.10.